The third kappa shape index (κ3) is 3.43. The van der Waals surface area contributed by atoms with E-state index in [0.29, 0.717) is 5.56 Å². The van der Waals surface area contributed by atoms with Crippen LogP contribution < -0.4 is 4.90 Å². The van der Waals surface area contributed by atoms with Crippen LogP contribution >= 0.6 is 15.9 Å². The fourth-order valence-corrected chi connectivity index (χ4v) is 6.72. The van der Waals surface area contributed by atoms with Gasteiger partial charge in [0.2, 0.25) is 11.8 Å². The summed E-state index contributed by atoms with van der Waals surface area (Å²) in [7, 11) is 0. The third-order valence-corrected chi connectivity index (χ3v) is 8.49. The maximum atomic E-state index is 13.8. The highest BCUT2D eigenvalue weighted by atomic mass is 79.9. The summed E-state index contributed by atoms with van der Waals surface area (Å²) in [4.78, 5) is 65.3. The van der Waals surface area contributed by atoms with Crippen LogP contribution in [0.4, 0.5) is 11.4 Å². The number of imide groups is 1. The highest BCUT2D eigenvalue weighted by Crippen LogP contribution is 2.56. The molecule has 4 aliphatic rings. The quantitative estimate of drug-likeness (QED) is 0.190. The molecule has 2 aromatic carbocycles. The number of phenolic OH excluding ortho intramolecular Hbond substituents is 1. The number of nitro benzene ring substituents is 1. The van der Waals surface area contributed by atoms with E-state index in [-0.39, 0.29) is 57.2 Å². The van der Waals surface area contributed by atoms with E-state index < -0.39 is 40.4 Å². The van der Waals surface area contributed by atoms with E-state index in [0.717, 1.165) is 10.5 Å². The number of amides is 2. The van der Waals surface area contributed by atoms with Gasteiger partial charge in [0.05, 0.1) is 26.9 Å². The van der Waals surface area contributed by atoms with Crippen molar-refractivity contribution >= 4 is 50.7 Å². The van der Waals surface area contributed by atoms with Crippen LogP contribution in [0.2, 0.25) is 0 Å². The summed E-state index contributed by atoms with van der Waals surface area (Å²) >= 11 is 3.18. The van der Waals surface area contributed by atoms with E-state index in [1.807, 2.05) is 6.08 Å². The molecule has 1 heterocycles. The van der Waals surface area contributed by atoms with Gasteiger partial charge in [-0.1, -0.05) is 29.8 Å². The highest BCUT2D eigenvalue weighted by Gasteiger charge is 2.56. The van der Waals surface area contributed by atoms with Crippen molar-refractivity contribution < 1.29 is 29.2 Å². The van der Waals surface area contributed by atoms with Crippen molar-refractivity contribution in [3.63, 3.8) is 0 Å². The number of rotatable bonds is 3. The molecule has 9 nitrogen and oxygen atoms in total. The summed E-state index contributed by atoms with van der Waals surface area (Å²) in [6.45, 7) is 0. The van der Waals surface area contributed by atoms with E-state index in [9.17, 15) is 34.4 Å². The van der Waals surface area contributed by atoms with Crippen LogP contribution in [0.25, 0.3) is 0 Å². The van der Waals surface area contributed by atoms with Crippen molar-refractivity contribution in [1.82, 2.24) is 0 Å². The minimum Gasteiger partial charge on any atom is -0.508 e. The number of benzene rings is 2. The summed E-state index contributed by atoms with van der Waals surface area (Å²) < 4.78 is 0.124. The Morgan fingerprint density at radius 1 is 0.974 bits per heavy atom. The number of anilines is 1. The number of allylic oxidation sites excluding steroid dienone is 6. The van der Waals surface area contributed by atoms with Gasteiger partial charge < -0.3 is 5.11 Å². The predicted octanol–water partition coefficient (Wildman–Crippen LogP) is 4.27. The fraction of sp³-hybridized carbons (Fsp3) is 0.214. The molecular formula is C28H19BrN2O7. The molecule has 3 aliphatic carbocycles. The minimum absolute atomic E-state index is 0.0387. The number of para-hydroxylation sites is 1. The maximum Gasteiger partial charge on any atom is 0.269 e. The van der Waals surface area contributed by atoms with Crippen LogP contribution in [-0.2, 0) is 19.2 Å². The molecule has 0 radical (unpaired) electrons. The van der Waals surface area contributed by atoms with E-state index in [1.54, 1.807) is 18.2 Å². The SMILES string of the molecule is O=C1C=C(Br)C(=O)C2=C1C(c1ccccc1O)C1=CCC3C(=O)N(c4ccc([N+](=O)[O-])cc4)C(=O)C3C1C2. The molecule has 38 heavy (non-hydrogen) atoms. The van der Waals surface area contributed by atoms with Gasteiger partial charge in [-0.25, -0.2) is 0 Å². The number of aromatic hydroxyl groups is 1. The molecule has 0 saturated carbocycles. The molecule has 2 aromatic rings. The number of nitro groups is 1. The second-order valence-electron chi connectivity index (χ2n) is 9.74. The second-order valence-corrected chi connectivity index (χ2v) is 10.6. The number of hydrogen-bond acceptors (Lipinski definition) is 7. The summed E-state index contributed by atoms with van der Waals surface area (Å²) in [5.74, 6) is -4.35. The summed E-state index contributed by atoms with van der Waals surface area (Å²) in [5, 5.41) is 21.8. The van der Waals surface area contributed by atoms with Gasteiger partial charge in [0.25, 0.3) is 5.69 Å². The molecule has 4 unspecified atom stereocenters. The van der Waals surface area contributed by atoms with Gasteiger partial charge in [-0.2, -0.15) is 0 Å². The van der Waals surface area contributed by atoms with Crippen LogP contribution in [0.3, 0.4) is 0 Å². The van der Waals surface area contributed by atoms with Crippen LogP contribution in [0.15, 0.2) is 81.9 Å². The van der Waals surface area contributed by atoms with Gasteiger partial charge in [0.1, 0.15) is 5.75 Å². The lowest BCUT2D eigenvalue weighted by Crippen LogP contribution is -2.39. The summed E-state index contributed by atoms with van der Waals surface area (Å²) in [6.07, 6.45) is 3.45. The average Bonchev–Trinajstić information content (AvgIpc) is 3.16. The van der Waals surface area contributed by atoms with E-state index in [4.69, 9.17) is 0 Å². The molecule has 10 heteroatoms. The Morgan fingerprint density at radius 2 is 1.68 bits per heavy atom. The van der Waals surface area contributed by atoms with Crippen molar-refractivity contribution in [1.29, 1.82) is 0 Å². The third-order valence-electron chi connectivity index (χ3n) is 7.90. The monoisotopic (exact) mass is 574 g/mol. The standard InChI is InChI=1S/C28H19BrN2O7/c29-20-12-22(33)25-19(26(20)34)11-18-15(23(25)16-3-1-2-4-21(16)32)9-10-17-24(18)28(36)30(27(17)35)13-5-7-14(8-6-13)31(37)38/h1-9,12,17-18,23-24,32H,10-11H2. The molecule has 190 valence electrons. The molecule has 4 atom stereocenters. The van der Waals surface area contributed by atoms with Crippen molar-refractivity contribution in [3.8, 4) is 5.75 Å². The number of hydrogen-bond donors (Lipinski definition) is 1. The lowest BCUT2D eigenvalue weighted by molar-refractivity contribution is -0.384. The lowest BCUT2D eigenvalue weighted by Gasteiger charge is -2.42. The first-order valence-corrected chi connectivity index (χ1v) is 12.8. The fourth-order valence-electron chi connectivity index (χ4n) is 6.27. The number of halogens is 1. The Morgan fingerprint density at radius 3 is 2.37 bits per heavy atom. The van der Waals surface area contributed by atoms with Gasteiger partial charge in [0, 0.05) is 40.8 Å². The number of ketones is 2. The summed E-state index contributed by atoms with van der Waals surface area (Å²) in [6, 6.07) is 11.8. The molecular weight excluding hydrogens is 556 g/mol. The van der Waals surface area contributed by atoms with E-state index >= 15 is 0 Å². The Hall–Kier alpha value is -4.18. The molecule has 0 bridgehead atoms. The first-order chi connectivity index (χ1) is 18.2. The van der Waals surface area contributed by atoms with Crippen molar-refractivity contribution in [3.05, 3.63) is 97.6 Å². The van der Waals surface area contributed by atoms with Gasteiger partial charge in [-0.15, -0.1) is 0 Å². The first-order valence-electron chi connectivity index (χ1n) is 12.0. The zero-order chi connectivity index (χ0) is 26.9. The van der Waals surface area contributed by atoms with Crippen molar-refractivity contribution in [2.24, 2.45) is 17.8 Å². The van der Waals surface area contributed by atoms with Gasteiger partial charge >= 0.3 is 0 Å². The van der Waals surface area contributed by atoms with Crippen molar-refractivity contribution in [2.75, 3.05) is 4.90 Å². The number of nitrogens with zero attached hydrogens (tertiary/aromatic N) is 2. The van der Waals surface area contributed by atoms with Crippen LogP contribution in [0.1, 0.15) is 24.3 Å². The molecule has 1 N–H and O–H groups in total. The topological polar surface area (TPSA) is 135 Å². The molecule has 1 saturated heterocycles. The molecule has 0 aromatic heterocycles. The molecule has 2 amide bonds. The maximum absolute atomic E-state index is 13.8. The van der Waals surface area contributed by atoms with Crippen LogP contribution in [-0.4, -0.2) is 33.4 Å². The largest absolute Gasteiger partial charge is 0.508 e. The number of non-ortho nitro benzene ring substituents is 1. The molecule has 6 rings (SSSR count). The zero-order valence-electron chi connectivity index (χ0n) is 19.7. The molecule has 1 aliphatic heterocycles. The van der Waals surface area contributed by atoms with Gasteiger partial charge in [0.15, 0.2) is 11.6 Å². The van der Waals surface area contributed by atoms with E-state index in [2.05, 4.69) is 15.9 Å². The Kier molecular flexibility index (Phi) is 5.53. The zero-order valence-corrected chi connectivity index (χ0v) is 21.3. The number of phenols is 1. The Bertz CT molecular complexity index is 1570. The van der Waals surface area contributed by atoms with Gasteiger partial charge in [-0.05, 0) is 52.9 Å². The number of carbonyl (C=O) groups excluding carboxylic acids is 4. The highest BCUT2D eigenvalue weighted by molar-refractivity contribution is 9.12. The van der Waals surface area contributed by atoms with E-state index in [1.165, 1.54) is 36.4 Å². The summed E-state index contributed by atoms with van der Waals surface area (Å²) in [5.41, 5.74) is 1.81. The van der Waals surface area contributed by atoms with Crippen molar-refractivity contribution in [2.45, 2.75) is 18.8 Å². The number of Topliss-reactive ketones (excluding diaryl/α,β-unsaturated/α-hetero) is 1. The first kappa shape index (κ1) is 24.2. The smallest absolute Gasteiger partial charge is 0.269 e. The van der Waals surface area contributed by atoms with Crippen LogP contribution in [0, 0.1) is 27.9 Å². The number of fused-ring (bicyclic) bond motifs is 3. The Labute approximate surface area is 224 Å². The van der Waals surface area contributed by atoms with Crippen LogP contribution in [0.5, 0.6) is 5.75 Å². The molecule has 0 spiro atoms. The molecule has 1 fully saturated rings. The second kappa shape index (κ2) is 8.70. The normalized spacial score (nSPS) is 26.5. The van der Waals surface area contributed by atoms with Gasteiger partial charge in [-0.3, -0.25) is 34.2 Å². The lowest BCUT2D eigenvalue weighted by atomic mass is 9.59. The minimum atomic E-state index is -0.785. The Balaban J connectivity index is 1.46. The number of carbonyl (C=O) groups is 4. The average molecular weight is 575 g/mol. The predicted molar refractivity (Wildman–Crippen MR) is 138 cm³/mol.